The molecule has 5 nitrogen and oxygen atoms in total. The SMILES string of the molecule is CC(C)Oc1ccc(S(=O)(=O)Nc2ccccn2)cc1F. The van der Waals surface area contributed by atoms with Gasteiger partial charge in [-0.15, -0.1) is 0 Å². The smallest absolute Gasteiger partial charge is 0.263 e. The molecule has 1 N–H and O–H groups in total. The van der Waals surface area contributed by atoms with E-state index in [9.17, 15) is 12.8 Å². The van der Waals surface area contributed by atoms with Crippen LogP contribution in [0.1, 0.15) is 13.8 Å². The molecule has 0 fully saturated rings. The van der Waals surface area contributed by atoms with Crippen molar-refractivity contribution < 1.29 is 17.5 Å². The largest absolute Gasteiger partial charge is 0.488 e. The van der Waals surface area contributed by atoms with Gasteiger partial charge >= 0.3 is 0 Å². The Labute approximate surface area is 122 Å². The number of benzene rings is 1. The molecular weight excluding hydrogens is 295 g/mol. The topological polar surface area (TPSA) is 68.3 Å². The van der Waals surface area contributed by atoms with Crippen molar-refractivity contribution in [1.29, 1.82) is 0 Å². The van der Waals surface area contributed by atoms with E-state index in [0.29, 0.717) is 0 Å². The summed E-state index contributed by atoms with van der Waals surface area (Å²) in [7, 11) is -3.89. The third-order valence-corrected chi connectivity index (χ3v) is 3.83. The number of nitrogens with one attached hydrogen (secondary N) is 1. The Morgan fingerprint density at radius 3 is 2.57 bits per heavy atom. The van der Waals surface area contributed by atoms with Gasteiger partial charge in [0.25, 0.3) is 10.0 Å². The Bertz CT molecular complexity index is 718. The third kappa shape index (κ3) is 3.91. The first-order chi connectivity index (χ1) is 9.88. The van der Waals surface area contributed by atoms with Gasteiger partial charge in [-0.2, -0.15) is 0 Å². The molecule has 21 heavy (non-hydrogen) atoms. The van der Waals surface area contributed by atoms with Crippen molar-refractivity contribution in [2.24, 2.45) is 0 Å². The van der Waals surface area contributed by atoms with Gasteiger partial charge in [-0.05, 0) is 44.2 Å². The first-order valence-corrected chi connectivity index (χ1v) is 7.77. The lowest BCUT2D eigenvalue weighted by Gasteiger charge is -2.12. The summed E-state index contributed by atoms with van der Waals surface area (Å²) in [5.41, 5.74) is 0. The van der Waals surface area contributed by atoms with Crippen molar-refractivity contribution in [2.45, 2.75) is 24.8 Å². The molecule has 7 heteroatoms. The van der Waals surface area contributed by atoms with Crippen molar-refractivity contribution in [3.8, 4) is 5.75 Å². The summed E-state index contributed by atoms with van der Waals surface area (Å²) < 4.78 is 45.6. The van der Waals surface area contributed by atoms with E-state index in [-0.39, 0.29) is 22.6 Å². The van der Waals surface area contributed by atoms with Gasteiger partial charge in [0.05, 0.1) is 11.0 Å². The predicted molar refractivity (Wildman–Crippen MR) is 77.2 cm³/mol. The summed E-state index contributed by atoms with van der Waals surface area (Å²) in [6.45, 7) is 3.51. The Kier molecular flexibility index (Phi) is 4.42. The minimum atomic E-state index is -3.89. The monoisotopic (exact) mass is 310 g/mol. The molecule has 0 saturated heterocycles. The Balaban J connectivity index is 2.27. The summed E-state index contributed by atoms with van der Waals surface area (Å²) in [5, 5.41) is 0. The highest BCUT2D eigenvalue weighted by molar-refractivity contribution is 7.92. The highest BCUT2D eigenvalue weighted by atomic mass is 32.2. The van der Waals surface area contributed by atoms with Gasteiger partial charge in [-0.3, -0.25) is 4.72 Å². The zero-order valence-electron chi connectivity index (χ0n) is 11.6. The number of aromatic nitrogens is 1. The molecule has 112 valence electrons. The molecule has 0 bridgehead atoms. The molecule has 0 radical (unpaired) electrons. The van der Waals surface area contributed by atoms with Crippen molar-refractivity contribution in [3.63, 3.8) is 0 Å². The standard InChI is InChI=1S/C14H15FN2O3S/c1-10(2)20-13-7-6-11(9-12(13)15)21(18,19)17-14-5-3-4-8-16-14/h3-10H,1-2H3,(H,16,17). The fourth-order valence-electron chi connectivity index (χ4n) is 1.62. The molecule has 0 atom stereocenters. The quantitative estimate of drug-likeness (QED) is 0.922. The fraction of sp³-hybridized carbons (Fsp3) is 0.214. The number of hydrogen-bond donors (Lipinski definition) is 1. The van der Waals surface area contributed by atoms with Gasteiger partial charge in [0.1, 0.15) is 5.82 Å². The second kappa shape index (κ2) is 6.09. The summed E-state index contributed by atoms with van der Waals surface area (Å²) in [6, 6.07) is 8.31. The number of sulfonamides is 1. The lowest BCUT2D eigenvalue weighted by atomic mass is 10.3. The molecule has 0 unspecified atom stereocenters. The van der Waals surface area contributed by atoms with Crippen molar-refractivity contribution in [1.82, 2.24) is 4.98 Å². The molecule has 2 rings (SSSR count). The van der Waals surface area contributed by atoms with Crippen LogP contribution in [-0.2, 0) is 10.0 Å². The maximum atomic E-state index is 13.8. The molecule has 0 aliphatic carbocycles. The molecule has 1 aromatic carbocycles. The number of halogens is 1. The Morgan fingerprint density at radius 1 is 1.24 bits per heavy atom. The average Bonchev–Trinajstić information content (AvgIpc) is 2.41. The van der Waals surface area contributed by atoms with Crippen LogP contribution in [-0.4, -0.2) is 19.5 Å². The number of hydrogen-bond acceptors (Lipinski definition) is 4. The van der Waals surface area contributed by atoms with Crippen LogP contribution < -0.4 is 9.46 Å². The van der Waals surface area contributed by atoms with Crippen LogP contribution in [0.4, 0.5) is 10.2 Å². The summed E-state index contributed by atoms with van der Waals surface area (Å²) >= 11 is 0. The summed E-state index contributed by atoms with van der Waals surface area (Å²) in [6.07, 6.45) is 1.26. The minimum Gasteiger partial charge on any atom is -0.488 e. The van der Waals surface area contributed by atoms with Crippen LogP contribution in [0.5, 0.6) is 5.75 Å². The first-order valence-electron chi connectivity index (χ1n) is 6.28. The van der Waals surface area contributed by atoms with E-state index >= 15 is 0 Å². The van der Waals surface area contributed by atoms with Crippen LogP contribution in [0.15, 0.2) is 47.5 Å². The molecule has 0 saturated carbocycles. The summed E-state index contributed by atoms with van der Waals surface area (Å²) in [5.74, 6) is -0.546. The fourth-order valence-corrected chi connectivity index (χ4v) is 2.64. The molecular formula is C14H15FN2O3S. The second-order valence-electron chi connectivity index (χ2n) is 4.58. The van der Waals surface area contributed by atoms with Gasteiger partial charge in [0.15, 0.2) is 11.6 Å². The van der Waals surface area contributed by atoms with E-state index in [2.05, 4.69) is 9.71 Å². The minimum absolute atomic E-state index is 0.0155. The summed E-state index contributed by atoms with van der Waals surface area (Å²) in [4.78, 5) is 3.67. The van der Waals surface area contributed by atoms with Crippen molar-refractivity contribution in [3.05, 3.63) is 48.4 Å². The zero-order valence-corrected chi connectivity index (χ0v) is 12.4. The first kappa shape index (κ1) is 15.2. The highest BCUT2D eigenvalue weighted by Crippen LogP contribution is 2.23. The van der Waals surface area contributed by atoms with E-state index in [1.165, 1.54) is 24.4 Å². The van der Waals surface area contributed by atoms with E-state index in [0.717, 1.165) is 6.07 Å². The second-order valence-corrected chi connectivity index (χ2v) is 6.26. The molecule has 1 aromatic heterocycles. The highest BCUT2D eigenvalue weighted by Gasteiger charge is 2.17. The van der Waals surface area contributed by atoms with Gasteiger partial charge in [-0.1, -0.05) is 6.07 Å². The van der Waals surface area contributed by atoms with E-state index < -0.39 is 15.8 Å². The Hall–Kier alpha value is -2.15. The maximum absolute atomic E-state index is 13.8. The molecule has 2 aromatic rings. The van der Waals surface area contributed by atoms with E-state index in [4.69, 9.17) is 4.74 Å². The van der Waals surface area contributed by atoms with Gasteiger partial charge in [-0.25, -0.2) is 17.8 Å². The number of nitrogens with zero attached hydrogens (tertiary/aromatic N) is 1. The Morgan fingerprint density at radius 2 is 2.00 bits per heavy atom. The third-order valence-electron chi connectivity index (χ3n) is 2.48. The lowest BCUT2D eigenvalue weighted by molar-refractivity contribution is 0.231. The zero-order chi connectivity index (χ0) is 15.5. The molecule has 0 amide bonds. The molecule has 0 spiro atoms. The van der Waals surface area contributed by atoms with E-state index in [1.54, 1.807) is 26.0 Å². The van der Waals surface area contributed by atoms with Crippen LogP contribution in [0.25, 0.3) is 0 Å². The lowest BCUT2D eigenvalue weighted by Crippen LogP contribution is -2.14. The molecule has 0 aliphatic rings. The van der Waals surface area contributed by atoms with Crippen LogP contribution in [0, 0.1) is 5.82 Å². The van der Waals surface area contributed by atoms with Crippen molar-refractivity contribution >= 4 is 15.8 Å². The number of rotatable bonds is 5. The maximum Gasteiger partial charge on any atom is 0.263 e. The van der Waals surface area contributed by atoms with Crippen LogP contribution in [0.3, 0.4) is 0 Å². The van der Waals surface area contributed by atoms with Crippen LogP contribution >= 0.6 is 0 Å². The van der Waals surface area contributed by atoms with Crippen molar-refractivity contribution in [2.75, 3.05) is 4.72 Å². The average molecular weight is 310 g/mol. The normalized spacial score (nSPS) is 11.4. The number of anilines is 1. The van der Waals surface area contributed by atoms with Gasteiger partial charge < -0.3 is 4.74 Å². The van der Waals surface area contributed by atoms with E-state index in [1.807, 2.05) is 0 Å². The molecule has 1 heterocycles. The van der Waals surface area contributed by atoms with Crippen LogP contribution in [0.2, 0.25) is 0 Å². The van der Waals surface area contributed by atoms with Gasteiger partial charge in [0.2, 0.25) is 0 Å². The number of ether oxygens (including phenoxy) is 1. The van der Waals surface area contributed by atoms with Gasteiger partial charge in [0, 0.05) is 6.20 Å². The molecule has 0 aliphatic heterocycles. The predicted octanol–water partition coefficient (Wildman–Crippen LogP) is 2.81. The number of pyridine rings is 1.